The van der Waals surface area contributed by atoms with Crippen LogP contribution >= 0.6 is 0 Å². The van der Waals surface area contributed by atoms with Crippen LogP contribution < -0.4 is 0 Å². The number of carbonyl (C=O) groups is 2. The third-order valence-electron chi connectivity index (χ3n) is 5.51. The zero-order chi connectivity index (χ0) is 24.8. The predicted octanol–water partition coefficient (Wildman–Crippen LogP) is 4.16. The van der Waals surface area contributed by atoms with E-state index in [9.17, 15) is 9.59 Å². The molecule has 0 N–H and O–H groups in total. The van der Waals surface area contributed by atoms with Crippen molar-refractivity contribution in [1.29, 1.82) is 0 Å². The zero-order valence-corrected chi connectivity index (χ0v) is 21.0. The van der Waals surface area contributed by atoms with Gasteiger partial charge in [-0.05, 0) is 27.7 Å². The Hall–Kier alpha value is -2.96. The molecule has 0 spiro atoms. The van der Waals surface area contributed by atoms with Crippen LogP contribution in [0.25, 0.3) is 0 Å². The van der Waals surface area contributed by atoms with Gasteiger partial charge in [-0.2, -0.15) is 0 Å². The highest BCUT2D eigenvalue weighted by Crippen LogP contribution is 2.07. The summed E-state index contributed by atoms with van der Waals surface area (Å²) in [5.74, 6) is 0.136. The topological polar surface area (TPSA) is 59.1 Å². The van der Waals surface area contributed by atoms with E-state index in [0.29, 0.717) is 52.6 Å². The van der Waals surface area contributed by atoms with E-state index in [-0.39, 0.29) is 11.8 Å². The molecule has 0 aromatic rings. The molecule has 6 heteroatoms. The van der Waals surface area contributed by atoms with Gasteiger partial charge < -0.3 is 19.3 Å². The Morgan fingerprint density at radius 2 is 0.912 bits per heavy atom. The van der Waals surface area contributed by atoms with Crippen molar-refractivity contribution in [3.8, 4) is 0 Å². The molecule has 0 saturated carbocycles. The monoisotopic (exact) mass is 466 g/mol. The highest BCUT2D eigenvalue weighted by atomic mass is 16.5. The van der Waals surface area contributed by atoms with E-state index in [1.807, 2.05) is 98.3 Å². The van der Waals surface area contributed by atoms with Gasteiger partial charge in [-0.1, -0.05) is 71.9 Å². The van der Waals surface area contributed by atoms with Gasteiger partial charge in [-0.25, -0.2) is 0 Å². The quantitative estimate of drug-likeness (QED) is 0.398. The summed E-state index contributed by atoms with van der Waals surface area (Å²) in [7, 11) is 0. The highest BCUT2D eigenvalue weighted by Gasteiger charge is 2.18. The average Bonchev–Trinajstić information content (AvgIpc) is 2.86. The third kappa shape index (κ3) is 9.89. The van der Waals surface area contributed by atoms with Gasteiger partial charge in [0.05, 0.1) is 26.4 Å². The van der Waals surface area contributed by atoms with Crippen molar-refractivity contribution in [1.82, 2.24) is 9.80 Å². The lowest BCUT2D eigenvalue weighted by molar-refractivity contribution is -0.131. The lowest BCUT2D eigenvalue weighted by atomic mass is 10.2. The summed E-state index contributed by atoms with van der Waals surface area (Å²) in [6.45, 7) is 12.8. The van der Waals surface area contributed by atoms with Gasteiger partial charge in [0.25, 0.3) is 0 Å². The summed E-state index contributed by atoms with van der Waals surface area (Å²) in [6, 6.07) is 0. The van der Waals surface area contributed by atoms with E-state index in [4.69, 9.17) is 9.47 Å². The molecule has 2 amide bonds. The second-order valence-electron chi connectivity index (χ2n) is 8.43. The molecule has 2 aliphatic heterocycles. The van der Waals surface area contributed by atoms with Gasteiger partial charge >= 0.3 is 0 Å². The first-order valence-corrected chi connectivity index (χ1v) is 11.8. The Labute approximate surface area is 204 Å². The van der Waals surface area contributed by atoms with E-state index in [1.165, 1.54) is 0 Å². The van der Waals surface area contributed by atoms with E-state index < -0.39 is 0 Å². The highest BCUT2D eigenvalue weighted by molar-refractivity contribution is 5.93. The molecule has 0 bridgehead atoms. The summed E-state index contributed by atoms with van der Waals surface area (Å²) < 4.78 is 10.6. The summed E-state index contributed by atoms with van der Waals surface area (Å²) in [6.07, 6.45) is 19.5. The largest absolute Gasteiger partial charge is 0.378 e. The number of amides is 2. The maximum atomic E-state index is 12.4. The van der Waals surface area contributed by atoms with Crippen molar-refractivity contribution in [2.24, 2.45) is 0 Å². The van der Waals surface area contributed by atoms with Crippen LogP contribution in [-0.4, -0.2) is 74.2 Å². The predicted molar refractivity (Wildman–Crippen MR) is 137 cm³/mol. The first kappa shape index (κ1) is 27.3. The zero-order valence-electron chi connectivity index (χ0n) is 21.0. The molecule has 184 valence electrons. The van der Waals surface area contributed by atoms with Crippen molar-refractivity contribution in [3.05, 3.63) is 83.1 Å². The maximum absolute atomic E-state index is 12.4. The normalized spacial score (nSPS) is 19.6. The standard InChI is InChI=1S/C28H38N2O4/c1-23(11-7-13-25(3)27(31)29-15-19-33-20-16-29)9-5-6-10-24(2)12-8-14-26(4)28(32)30-17-21-34-22-18-30/h5-14H,15-22H2,1-4H3/b6-5+,11-7+,12-8+,23-9+,24-10+,25-13+,26-14+. The van der Waals surface area contributed by atoms with Crippen LogP contribution in [0.2, 0.25) is 0 Å². The summed E-state index contributed by atoms with van der Waals surface area (Å²) >= 11 is 0. The van der Waals surface area contributed by atoms with Crippen LogP contribution in [0, 0.1) is 0 Å². The number of morpholine rings is 2. The number of hydrogen-bond acceptors (Lipinski definition) is 4. The molecular formula is C28H38N2O4. The lowest BCUT2D eigenvalue weighted by Gasteiger charge is -2.27. The molecule has 0 aromatic carbocycles. The van der Waals surface area contributed by atoms with Crippen LogP contribution in [0.15, 0.2) is 83.1 Å². The number of hydrogen-bond donors (Lipinski definition) is 0. The van der Waals surface area contributed by atoms with Gasteiger partial charge in [-0.15, -0.1) is 0 Å². The van der Waals surface area contributed by atoms with Crippen LogP contribution in [0.4, 0.5) is 0 Å². The molecular weight excluding hydrogens is 428 g/mol. The Balaban J connectivity index is 1.81. The minimum absolute atomic E-state index is 0.0682. The minimum atomic E-state index is 0.0682. The maximum Gasteiger partial charge on any atom is 0.249 e. The minimum Gasteiger partial charge on any atom is -0.378 e. The van der Waals surface area contributed by atoms with Crippen molar-refractivity contribution in [3.63, 3.8) is 0 Å². The van der Waals surface area contributed by atoms with Crippen molar-refractivity contribution >= 4 is 11.8 Å². The fourth-order valence-corrected chi connectivity index (χ4v) is 3.39. The Morgan fingerprint density at radius 3 is 1.26 bits per heavy atom. The molecule has 2 rings (SSSR count). The lowest BCUT2D eigenvalue weighted by Crippen LogP contribution is -2.41. The van der Waals surface area contributed by atoms with Crippen molar-refractivity contribution in [2.45, 2.75) is 27.7 Å². The molecule has 2 fully saturated rings. The molecule has 0 unspecified atom stereocenters. The van der Waals surface area contributed by atoms with Gasteiger partial charge in [0.2, 0.25) is 11.8 Å². The molecule has 6 nitrogen and oxygen atoms in total. The third-order valence-corrected chi connectivity index (χ3v) is 5.51. The van der Waals surface area contributed by atoms with Crippen molar-refractivity contribution < 1.29 is 19.1 Å². The van der Waals surface area contributed by atoms with Crippen LogP contribution in [0.5, 0.6) is 0 Å². The molecule has 0 radical (unpaired) electrons. The Kier molecular flexibility index (Phi) is 12.1. The van der Waals surface area contributed by atoms with Crippen LogP contribution in [0.3, 0.4) is 0 Å². The van der Waals surface area contributed by atoms with Crippen LogP contribution in [-0.2, 0) is 19.1 Å². The summed E-state index contributed by atoms with van der Waals surface area (Å²) in [5.41, 5.74) is 3.62. The molecule has 2 heterocycles. The molecule has 2 saturated heterocycles. The van der Waals surface area contributed by atoms with E-state index in [1.54, 1.807) is 0 Å². The molecule has 0 aliphatic carbocycles. The van der Waals surface area contributed by atoms with Gasteiger partial charge in [-0.3, -0.25) is 9.59 Å². The Bertz CT molecular complexity index is 833. The second-order valence-corrected chi connectivity index (χ2v) is 8.43. The van der Waals surface area contributed by atoms with E-state index in [0.717, 1.165) is 22.3 Å². The first-order valence-electron chi connectivity index (χ1n) is 11.8. The first-order chi connectivity index (χ1) is 16.4. The van der Waals surface area contributed by atoms with E-state index >= 15 is 0 Å². The van der Waals surface area contributed by atoms with Gasteiger partial charge in [0.15, 0.2) is 0 Å². The number of ether oxygens (including phenoxy) is 2. The molecule has 2 aliphatic rings. The Morgan fingerprint density at radius 1 is 0.559 bits per heavy atom. The molecule has 34 heavy (non-hydrogen) atoms. The van der Waals surface area contributed by atoms with Crippen LogP contribution in [0.1, 0.15) is 27.7 Å². The number of rotatable bonds is 8. The van der Waals surface area contributed by atoms with Crippen molar-refractivity contribution in [2.75, 3.05) is 52.6 Å². The summed E-state index contributed by atoms with van der Waals surface area (Å²) in [4.78, 5) is 28.4. The fourth-order valence-electron chi connectivity index (χ4n) is 3.39. The summed E-state index contributed by atoms with van der Waals surface area (Å²) in [5, 5.41) is 0. The average molecular weight is 467 g/mol. The number of carbonyl (C=O) groups excluding carboxylic acids is 2. The SMILES string of the molecule is CC(/C=C/C=C(\C)C(=O)N1CCOCC1)=C\C=C\C=C(C)\C=C\C=C(/C)C(=O)N1CCOCC1. The second kappa shape index (κ2) is 15.0. The van der Waals surface area contributed by atoms with Gasteiger partial charge in [0.1, 0.15) is 0 Å². The van der Waals surface area contributed by atoms with Gasteiger partial charge in [0, 0.05) is 37.3 Å². The number of nitrogens with zero attached hydrogens (tertiary/aromatic N) is 2. The number of allylic oxidation sites excluding steroid dienone is 12. The van der Waals surface area contributed by atoms with E-state index in [2.05, 4.69) is 0 Å². The molecule has 0 atom stereocenters. The molecule has 0 aromatic heterocycles. The fraction of sp³-hybridized carbons (Fsp3) is 0.429. The smallest absolute Gasteiger partial charge is 0.249 e.